The highest BCUT2D eigenvalue weighted by Gasteiger charge is 2.22. The van der Waals surface area contributed by atoms with Gasteiger partial charge < -0.3 is 10.1 Å². The molecule has 5 nitrogen and oxygen atoms in total. The third-order valence-electron chi connectivity index (χ3n) is 3.36. The Morgan fingerprint density at radius 3 is 2.50 bits per heavy atom. The second-order valence-corrected chi connectivity index (χ2v) is 5.08. The lowest BCUT2D eigenvalue weighted by Crippen LogP contribution is -2.25. The van der Waals surface area contributed by atoms with E-state index in [1.165, 1.54) is 12.1 Å². The molecular formula is C17H13NO4. The molecule has 2 aromatic carbocycles. The lowest BCUT2D eigenvalue weighted by atomic mass is 9.99. The van der Waals surface area contributed by atoms with Gasteiger partial charge in [0.15, 0.2) is 6.61 Å². The number of fused-ring (bicyclic) bond motifs is 1. The highest BCUT2D eigenvalue weighted by atomic mass is 16.5. The molecule has 22 heavy (non-hydrogen) atoms. The minimum Gasteiger partial charge on any atom is -0.482 e. The molecule has 0 bridgehead atoms. The number of ether oxygens (including phenoxy) is 1. The van der Waals surface area contributed by atoms with Gasteiger partial charge >= 0.3 is 0 Å². The molecule has 1 N–H and O–H groups in total. The molecule has 5 heteroatoms. The zero-order valence-electron chi connectivity index (χ0n) is 11.9. The van der Waals surface area contributed by atoms with Crippen LogP contribution in [0.1, 0.15) is 26.3 Å². The van der Waals surface area contributed by atoms with Gasteiger partial charge in [-0.15, -0.1) is 0 Å². The maximum Gasteiger partial charge on any atom is 0.262 e. The second kappa shape index (κ2) is 5.44. The van der Waals surface area contributed by atoms with Crippen LogP contribution >= 0.6 is 0 Å². The highest BCUT2D eigenvalue weighted by Crippen LogP contribution is 2.28. The van der Waals surface area contributed by atoms with E-state index in [2.05, 4.69) is 5.32 Å². The Morgan fingerprint density at radius 2 is 1.77 bits per heavy atom. The van der Waals surface area contributed by atoms with Crippen LogP contribution in [0, 0.1) is 6.92 Å². The maximum absolute atomic E-state index is 12.3. The van der Waals surface area contributed by atoms with E-state index >= 15 is 0 Å². The zero-order valence-corrected chi connectivity index (χ0v) is 11.9. The molecule has 0 fully saturated rings. The van der Waals surface area contributed by atoms with Crippen molar-refractivity contribution in [2.75, 3.05) is 11.9 Å². The van der Waals surface area contributed by atoms with Crippen LogP contribution in [0.4, 0.5) is 5.69 Å². The molecule has 0 aromatic heterocycles. The number of nitrogens with one attached hydrogen (secondary N) is 1. The fourth-order valence-corrected chi connectivity index (χ4v) is 2.27. The minimum atomic E-state index is -0.617. The van der Waals surface area contributed by atoms with Crippen LogP contribution in [0.15, 0.2) is 42.5 Å². The Balaban J connectivity index is 1.91. The number of ketones is 2. The lowest BCUT2D eigenvalue weighted by molar-refractivity contribution is -0.118. The molecule has 0 unspecified atom stereocenters. The number of Topliss-reactive ketones (excluding diaryl/α,β-unsaturated/α-hetero) is 2. The maximum atomic E-state index is 12.3. The molecule has 2 aromatic rings. The zero-order chi connectivity index (χ0) is 15.7. The summed E-state index contributed by atoms with van der Waals surface area (Å²) < 4.78 is 5.22. The van der Waals surface area contributed by atoms with Crippen LogP contribution in [-0.2, 0) is 4.79 Å². The number of carbonyl (C=O) groups is 3. The topological polar surface area (TPSA) is 72.5 Å². The van der Waals surface area contributed by atoms with Gasteiger partial charge in [-0.1, -0.05) is 23.8 Å². The van der Waals surface area contributed by atoms with Gasteiger partial charge in [0.2, 0.25) is 11.6 Å². The molecule has 1 heterocycles. The fraction of sp³-hybridized carbons (Fsp3) is 0.118. The molecule has 0 saturated heterocycles. The molecule has 0 saturated carbocycles. The number of anilines is 1. The van der Waals surface area contributed by atoms with Crippen molar-refractivity contribution in [3.8, 4) is 5.75 Å². The van der Waals surface area contributed by atoms with Crippen molar-refractivity contribution in [3.63, 3.8) is 0 Å². The summed E-state index contributed by atoms with van der Waals surface area (Å²) in [7, 11) is 0. The van der Waals surface area contributed by atoms with E-state index in [0.717, 1.165) is 5.56 Å². The largest absolute Gasteiger partial charge is 0.482 e. The number of hydrogen-bond donors (Lipinski definition) is 1. The SMILES string of the molecule is Cc1cccc(C(=O)C(=O)c2ccc3c(c2)NC(=O)CO3)c1. The Bertz CT molecular complexity index is 795. The first-order valence-corrected chi connectivity index (χ1v) is 6.77. The third-order valence-corrected chi connectivity index (χ3v) is 3.36. The summed E-state index contributed by atoms with van der Waals surface area (Å²) in [6.07, 6.45) is 0. The summed E-state index contributed by atoms with van der Waals surface area (Å²) in [6, 6.07) is 11.4. The summed E-state index contributed by atoms with van der Waals surface area (Å²) in [5.74, 6) is -0.999. The Morgan fingerprint density at radius 1 is 1.05 bits per heavy atom. The van der Waals surface area contributed by atoms with Crippen LogP contribution in [0.25, 0.3) is 0 Å². The van der Waals surface area contributed by atoms with E-state index in [9.17, 15) is 14.4 Å². The number of carbonyl (C=O) groups excluding carboxylic acids is 3. The third kappa shape index (κ3) is 2.61. The van der Waals surface area contributed by atoms with Gasteiger partial charge in [-0.3, -0.25) is 14.4 Å². The number of rotatable bonds is 3. The summed E-state index contributed by atoms with van der Waals surface area (Å²) in [6.45, 7) is 1.80. The Kier molecular flexibility index (Phi) is 3.47. The predicted molar refractivity (Wildman–Crippen MR) is 80.4 cm³/mol. The molecule has 0 radical (unpaired) electrons. The van der Waals surface area contributed by atoms with Crippen molar-refractivity contribution in [1.82, 2.24) is 0 Å². The van der Waals surface area contributed by atoms with Gasteiger partial charge in [-0.2, -0.15) is 0 Å². The predicted octanol–water partition coefficient (Wildman–Crippen LogP) is 2.39. The van der Waals surface area contributed by atoms with Crippen LogP contribution in [0.3, 0.4) is 0 Å². The molecule has 3 rings (SSSR count). The number of aryl methyl sites for hydroxylation is 1. The Hall–Kier alpha value is -2.95. The summed E-state index contributed by atoms with van der Waals surface area (Å²) >= 11 is 0. The van der Waals surface area contributed by atoms with E-state index in [-0.39, 0.29) is 18.1 Å². The van der Waals surface area contributed by atoms with E-state index in [4.69, 9.17) is 4.74 Å². The monoisotopic (exact) mass is 295 g/mol. The molecule has 1 amide bonds. The summed E-state index contributed by atoms with van der Waals surface area (Å²) in [5, 5.41) is 2.62. The van der Waals surface area contributed by atoms with Crippen molar-refractivity contribution >= 4 is 23.2 Å². The second-order valence-electron chi connectivity index (χ2n) is 5.08. The molecule has 0 atom stereocenters. The number of hydrogen-bond acceptors (Lipinski definition) is 4. The van der Waals surface area contributed by atoms with Crippen molar-refractivity contribution < 1.29 is 19.1 Å². The van der Waals surface area contributed by atoms with Gasteiger partial charge in [-0.05, 0) is 31.2 Å². The lowest BCUT2D eigenvalue weighted by Gasteiger charge is -2.18. The molecule has 110 valence electrons. The molecule has 1 aliphatic heterocycles. The highest BCUT2D eigenvalue weighted by molar-refractivity contribution is 6.49. The number of benzene rings is 2. The first kappa shape index (κ1) is 14.0. The molecule has 1 aliphatic rings. The van der Waals surface area contributed by atoms with Crippen molar-refractivity contribution in [2.45, 2.75) is 6.92 Å². The van der Waals surface area contributed by atoms with E-state index < -0.39 is 11.6 Å². The van der Waals surface area contributed by atoms with Gasteiger partial charge in [-0.25, -0.2) is 0 Å². The van der Waals surface area contributed by atoms with Gasteiger partial charge in [0, 0.05) is 11.1 Å². The average molecular weight is 295 g/mol. The van der Waals surface area contributed by atoms with Crippen molar-refractivity contribution in [1.29, 1.82) is 0 Å². The van der Waals surface area contributed by atoms with Crippen LogP contribution in [-0.4, -0.2) is 24.1 Å². The normalized spacial score (nSPS) is 12.9. The van der Waals surface area contributed by atoms with Crippen LogP contribution < -0.4 is 10.1 Å². The van der Waals surface area contributed by atoms with Gasteiger partial charge in [0.1, 0.15) is 5.75 Å². The first-order valence-electron chi connectivity index (χ1n) is 6.77. The van der Waals surface area contributed by atoms with E-state index in [0.29, 0.717) is 17.0 Å². The summed E-state index contributed by atoms with van der Waals surface area (Å²) in [4.78, 5) is 35.9. The smallest absolute Gasteiger partial charge is 0.262 e. The number of amides is 1. The minimum absolute atomic E-state index is 0.0531. The average Bonchev–Trinajstić information content (AvgIpc) is 2.52. The molecule has 0 spiro atoms. The standard InChI is InChI=1S/C17H13NO4/c1-10-3-2-4-11(7-10)16(20)17(21)12-5-6-14-13(8-12)18-15(19)9-22-14/h2-8H,9H2,1H3,(H,18,19). The Labute approximate surface area is 126 Å². The van der Waals surface area contributed by atoms with E-state index in [1.807, 2.05) is 13.0 Å². The van der Waals surface area contributed by atoms with Gasteiger partial charge in [0.25, 0.3) is 5.91 Å². The summed E-state index contributed by atoms with van der Waals surface area (Å²) in [5.41, 5.74) is 1.88. The van der Waals surface area contributed by atoms with E-state index in [1.54, 1.807) is 24.3 Å². The first-order chi connectivity index (χ1) is 10.5. The van der Waals surface area contributed by atoms with Crippen molar-refractivity contribution in [3.05, 3.63) is 59.2 Å². The van der Waals surface area contributed by atoms with Crippen molar-refractivity contribution in [2.24, 2.45) is 0 Å². The van der Waals surface area contributed by atoms with Crippen LogP contribution in [0.5, 0.6) is 5.75 Å². The fourth-order valence-electron chi connectivity index (χ4n) is 2.27. The molecular weight excluding hydrogens is 282 g/mol. The van der Waals surface area contributed by atoms with Gasteiger partial charge in [0.05, 0.1) is 5.69 Å². The molecule has 0 aliphatic carbocycles. The quantitative estimate of drug-likeness (QED) is 0.697. The van der Waals surface area contributed by atoms with Crippen LogP contribution in [0.2, 0.25) is 0 Å².